The van der Waals surface area contributed by atoms with E-state index < -0.39 is 30.3 Å². The van der Waals surface area contributed by atoms with Gasteiger partial charge in [0.1, 0.15) is 13.2 Å². The van der Waals surface area contributed by atoms with Crippen LogP contribution in [0.2, 0.25) is 0 Å². The van der Waals surface area contributed by atoms with Crippen molar-refractivity contribution in [2.45, 2.75) is 219 Å². The van der Waals surface area contributed by atoms with Gasteiger partial charge in [-0.25, -0.2) is 0 Å². The summed E-state index contributed by atoms with van der Waals surface area (Å²) in [6.45, 7) is 4.41. The Hall–Kier alpha value is -6.65. The molecule has 0 aliphatic heterocycles. The predicted molar refractivity (Wildman–Crippen MR) is 388 cm³/mol. The van der Waals surface area contributed by atoms with Gasteiger partial charge in [-0.15, -0.1) is 0 Å². The molecule has 0 amide bonds. The van der Waals surface area contributed by atoms with Crippen LogP contribution in [0.4, 0.5) is 0 Å². The lowest BCUT2D eigenvalue weighted by Gasteiger charge is -2.26. The number of carboxylic acids is 1. The van der Waals surface area contributed by atoms with Crippen molar-refractivity contribution in [1.29, 1.82) is 0 Å². The van der Waals surface area contributed by atoms with Gasteiger partial charge < -0.3 is 33.3 Å². The van der Waals surface area contributed by atoms with Gasteiger partial charge in [0.15, 0.2) is 12.4 Å². The number of quaternary nitrogens is 1. The number of carbonyl (C=O) groups is 3. The molecule has 0 aromatic carbocycles. The normalized spacial score (nSPS) is 14.2. The minimum Gasteiger partial charge on any atom is -0.545 e. The third-order valence-electron chi connectivity index (χ3n) is 13.4. The van der Waals surface area contributed by atoms with E-state index in [4.69, 9.17) is 18.9 Å². The van der Waals surface area contributed by atoms with Crippen LogP contribution in [0, 0.1) is 0 Å². The number of carboxylic acid groups (broad SMARTS) is 1. The maximum absolute atomic E-state index is 12.9. The summed E-state index contributed by atoms with van der Waals surface area (Å²) in [5.41, 5.74) is 0. The molecule has 9 heteroatoms. The quantitative estimate of drug-likeness (QED) is 0.0195. The number of hydrogen-bond acceptors (Lipinski definition) is 8. The summed E-state index contributed by atoms with van der Waals surface area (Å²) >= 11 is 0. The lowest BCUT2D eigenvalue weighted by molar-refractivity contribution is -0.870. The van der Waals surface area contributed by atoms with Crippen molar-refractivity contribution in [3.05, 3.63) is 231 Å². The van der Waals surface area contributed by atoms with Crippen LogP contribution in [-0.2, 0) is 33.3 Å². The second kappa shape index (κ2) is 69.2. The Bertz CT molecular complexity index is 2350. The third kappa shape index (κ3) is 70.7. The maximum Gasteiger partial charge on any atom is 0.306 e. The van der Waals surface area contributed by atoms with Gasteiger partial charge in [-0.2, -0.15) is 0 Å². The summed E-state index contributed by atoms with van der Waals surface area (Å²) in [7, 11) is 5.89. The molecule has 0 saturated heterocycles. The number of unbranched alkanes of at least 4 members (excludes halogenated alkanes) is 7. The molecule has 0 rings (SSSR count). The Morgan fingerprint density at radius 2 is 0.593 bits per heavy atom. The van der Waals surface area contributed by atoms with E-state index in [-0.39, 0.29) is 32.7 Å². The van der Waals surface area contributed by atoms with E-state index in [1.54, 1.807) is 0 Å². The monoisotopic (exact) mass is 1250 g/mol. The van der Waals surface area contributed by atoms with E-state index in [9.17, 15) is 19.5 Å². The first-order valence-corrected chi connectivity index (χ1v) is 34.5. The molecule has 2 atom stereocenters. The summed E-state index contributed by atoms with van der Waals surface area (Å²) in [5.74, 6) is -2.40. The first kappa shape index (κ1) is 84.4. The molecule has 9 nitrogen and oxygen atoms in total. The molecule has 0 N–H and O–H groups in total. The topological polar surface area (TPSA) is 111 Å². The summed E-state index contributed by atoms with van der Waals surface area (Å²) in [6, 6.07) is 0. The van der Waals surface area contributed by atoms with Crippen molar-refractivity contribution in [2.75, 3.05) is 47.5 Å². The van der Waals surface area contributed by atoms with E-state index in [2.05, 4.69) is 245 Å². The van der Waals surface area contributed by atoms with Crippen molar-refractivity contribution < 1.29 is 42.9 Å². The van der Waals surface area contributed by atoms with Crippen molar-refractivity contribution in [3.8, 4) is 0 Å². The van der Waals surface area contributed by atoms with Gasteiger partial charge in [-0.3, -0.25) is 9.59 Å². The minimum atomic E-state index is -1.66. The summed E-state index contributed by atoms with van der Waals surface area (Å²) in [6.07, 6.45) is 108. The lowest BCUT2D eigenvalue weighted by atomic mass is 10.1. The van der Waals surface area contributed by atoms with Crippen molar-refractivity contribution in [3.63, 3.8) is 0 Å². The maximum atomic E-state index is 12.9. The summed E-state index contributed by atoms with van der Waals surface area (Å²) in [4.78, 5) is 37.5. The molecular formula is C82H123NO8. The molecule has 0 heterocycles. The van der Waals surface area contributed by atoms with Crippen LogP contribution in [-0.4, -0.2) is 82.3 Å². The Morgan fingerprint density at radius 3 is 0.879 bits per heavy atom. The highest BCUT2D eigenvalue weighted by Gasteiger charge is 2.22. The molecule has 504 valence electrons. The van der Waals surface area contributed by atoms with Gasteiger partial charge in [0.25, 0.3) is 0 Å². The van der Waals surface area contributed by atoms with Crippen LogP contribution >= 0.6 is 0 Å². The van der Waals surface area contributed by atoms with Gasteiger partial charge >= 0.3 is 11.9 Å². The molecule has 0 aliphatic carbocycles. The van der Waals surface area contributed by atoms with Crippen LogP contribution in [0.5, 0.6) is 0 Å². The number of rotatable bonds is 60. The van der Waals surface area contributed by atoms with Crippen LogP contribution in [0.25, 0.3) is 0 Å². The third-order valence-corrected chi connectivity index (χ3v) is 13.4. The minimum absolute atomic E-state index is 0.122. The Labute approximate surface area is 555 Å². The van der Waals surface area contributed by atoms with Gasteiger partial charge in [-0.05, 0) is 161 Å². The number of carbonyl (C=O) groups excluding carboxylic acids is 3. The average molecular weight is 1250 g/mol. The van der Waals surface area contributed by atoms with Crippen molar-refractivity contribution >= 4 is 17.9 Å². The smallest absolute Gasteiger partial charge is 0.306 e. The fourth-order valence-electron chi connectivity index (χ4n) is 8.20. The molecule has 0 aromatic rings. The van der Waals surface area contributed by atoms with E-state index in [0.717, 1.165) is 167 Å². The molecule has 0 bridgehead atoms. The molecule has 91 heavy (non-hydrogen) atoms. The van der Waals surface area contributed by atoms with Crippen molar-refractivity contribution in [2.24, 2.45) is 0 Å². The number of allylic oxidation sites excluding steroid dienone is 38. The standard InChI is InChI=1S/C82H123NO8/c1-6-8-10-12-14-16-18-20-22-24-26-28-30-32-34-36-37-38-39-40-41-42-43-45-47-49-51-53-55-57-59-61-63-65-67-69-71-73-80(85)91-78(77-90-82(81(86)87)88-75-74-83(3,4)5)76-89-79(84)72-70-68-66-64-62-60-58-56-54-52-50-48-46-44-35-33-31-29-27-25-23-21-19-17-15-13-11-9-7-2/h8-11,14-17,20-23,26-29,32-35,37-38,40-41,43,45-46,48-49,51-52,54-55,57-58,60-61,63,78,82H,6-7,12-13,18-19,24-25,30-31,36,39,42,44,47,50,53,56,59,62,64-77H2,1-5H3/b10-8-,11-9-,16-14-,17-15-,22-20-,23-21-,28-26-,29-27-,34-32-,35-33-,38-37-,41-40-,45-43-,48-46-,51-49-,54-52-,57-55-,60-58-,63-61-. The van der Waals surface area contributed by atoms with E-state index >= 15 is 0 Å². The number of aliphatic carboxylic acids is 1. The molecule has 0 spiro atoms. The first-order valence-electron chi connectivity index (χ1n) is 34.5. The highest BCUT2D eigenvalue weighted by Crippen LogP contribution is 2.12. The SMILES string of the molecule is CC/C=C\C/C=C\C/C=C\C/C=C\C/C=C\C/C=C\C/C=C\C/C=C\C/C=C\C/C=C\C/C=C\CCCCCC(=O)OC(COC(=O)CCCCCC/C=C\C/C=C\C/C=C\C/C=C\C/C=C\C/C=C\C/C=C\C/C=C\CC)COC(OCC[N+](C)(C)C)C(=O)[O-]. The molecule has 0 aliphatic rings. The lowest BCUT2D eigenvalue weighted by Crippen LogP contribution is -2.44. The molecule has 0 aromatic heterocycles. The molecule has 2 unspecified atom stereocenters. The van der Waals surface area contributed by atoms with Crippen LogP contribution in [0.15, 0.2) is 231 Å². The summed E-state index contributed by atoms with van der Waals surface area (Å²) in [5, 5.41) is 11.8. The Kier molecular flexibility index (Phi) is 64.2. The number of hydrogen-bond donors (Lipinski definition) is 0. The van der Waals surface area contributed by atoms with E-state index in [0.29, 0.717) is 23.9 Å². The first-order chi connectivity index (χ1) is 44.6. The number of esters is 2. The zero-order valence-corrected chi connectivity index (χ0v) is 57.3. The van der Waals surface area contributed by atoms with Crippen LogP contribution in [0.1, 0.15) is 206 Å². The fourth-order valence-corrected chi connectivity index (χ4v) is 8.20. The van der Waals surface area contributed by atoms with E-state index in [1.807, 2.05) is 21.1 Å². The zero-order chi connectivity index (χ0) is 66.1. The number of ether oxygens (including phenoxy) is 4. The molecule has 0 fully saturated rings. The number of likely N-dealkylation sites (N-methyl/N-ethyl adjacent to an activating group) is 1. The second-order valence-electron chi connectivity index (χ2n) is 23.0. The predicted octanol–water partition coefficient (Wildman–Crippen LogP) is 20.6. The Morgan fingerprint density at radius 1 is 0.330 bits per heavy atom. The largest absolute Gasteiger partial charge is 0.545 e. The van der Waals surface area contributed by atoms with Crippen LogP contribution in [0.3, 0.4) is 0 Å². The van der Waals surface area contributed by atoms with Crippen molar-refractivity contribution in [1.82, 2.24) is 0 Å². The van der Waals surface area contributed by atoms with Gasteiger partial charge in [0, 0.05) is 12.8 Å². The molecule has 0 saturated carbocycles. The Balaban J connectivity index is 4.36. The second-order valence-corrected chi connectivity index (χ2v) is 23.0. The van der Waals surface area contributed by atoms with Gasteiger partial charge in [0.2, 0.25) is 0 Å². The fraction of sp³-hybridized carbons (Fsp3) is 0.500. The number of nitrogens with zero attached hydrogens (tertiary/aromatic N) is 1. The van der Waals surface area contributed by atoms with Gasteiger partial charge in [-0.1, -0.05) is 264 Å². The highest BCUT2D eigenvalue weighted by atomic mass is 16.7. The highest BCUT2D eigenvalue weighted by molar-refractivity contribution is 5.70. The van der Waals surface area contributed by atoms with E-state index in [1.165, 1.54) is 0 Å². The average Bonchev–Trinajstić information content (AvgIpc) is 3.50. The van der Waals surface area contributed by atoms with Gasteiger partial charge in [0.05, 0.1) is 40.3 Å². The zero-order valence-electron chi connectivity index (χ0n) is 57.3. The molecule has 0 radical (unpaired) electrons. The molecular weight excluding hydrogens is 1130 g/mol. The summed E-state index contributed by atoms with van der Waals surface area (Å²) < 4.78 is 22.7. The van der Waals surface area contributed by atoms with Crippen LogP contribution < -0.4 is 5.11 Å².